The van der Waals surface area contributed by atoms with Crippen LogP contribution in [0.4, 0.5) is 5.82 Å². The van der Waals surface area contributed by atoms with Gasteiger partial charge in [0.2, 0.25) is 0 Å². The fourth-order valence-electron chi connectivity index (χ4n) is 2.98. The van der Waals surface area contributed by atoms with Crippen LogP contribution in [0.15, 0.2) is 73.1 Å². The lowest BCUT2D eigenvalue weighted by Crippen LogP contribution is -2.31. The Labute approximate surface area is 166 Å². The molecule has 3 aromatic rings. The molecule has 1 heterocycles. The maximum atomic E-state index is 12.7. The first-order valence-corrected chi connectivity index (χ1v) is 9.69. The Morgan fingerprint density at radius 2 is 1.61 bits per heavy atom. The minimum Gasteiger partial charge on any atom is -0.369 e. The molecule has 28 heavy (non-hydrogen) atoms. The molecule has 0 saturated heterocycles. The number of amides is 1. The third-order valence-electron chi connectivity index (χ3n) is 4.55. The third-order valence-corrected chi connectivity index (χ3v) is 4.55. The topological polar surface area (TPSA) is 58.1 Å². The normalized spacial score (nSPS) is 10.5. The highest BCUT2D eigenvalue weighted by Crippen LogP contribution is 2.10. The van der Waals surface area contributed by atoms with E-state index in [1.165, 1.54) is 5.56 Å². The van der Waals surface area contributed by atoms with Crippen molar-refractivity contribution in [2.45, 2.75) is 26.3 Å². The number of carbonyl (C=O) groups excluding carboxylic acids is 1. The number of nitrogens with one attached hydrogen (secondary N) is 1. The molecule has 0 saturated carbocycles. The Morgan fingerprint density at radius 3 is 2.21 bits per heavy atom. The highest BCUT2D eigenvalue weighted by Gasteiger charge is 2.16. The van der Waals surface area contributed by atoms with Crippen molar-refractivity contribution in [1.82, 2.24) is 14.9 Å². The molecule has 0 aliphatic carbocycles. The van der Waals surface area contributed by atoms with Crippen LogP contribution in [-0.2, 0) is 13.0 Å². The lowest BCUT2D eigenvalue weighted by atomic mass is 10.1. The number of rotatable bonds is 9. The van der Waals surface area contributed by atoms with E-state index < -0.39 is 0 Å². The summed E-state index contributed by atoms with van der Waals surface area (Å²) in [5, 5.41) is 3.27. The molecule has 0 aliphatic rings. The summed E-state index contributed by atoms with van der Waals surface area (Å²) in [6.07, 6.45) is 5.21. The summed E-state index contributed by atoms with van der Waals surface area (Å²) >= 11 is 0. The molecule has 0 radical (unpaired) electrons. The van der Waals surface area contributed by atoms with Gasteiger partial charge in [0, 0.05) is 19.6 Å². The second-order valence-corrected chi connectivity index (χ2v) is 6.61. The van der Waals surface area contributed by atoms with Crippen molar-refractivity contribution in [2.24, 2.45) is 0 Å². The van der Waals surface area contributed by atoms with Crippen molar-refractivity contribution < 1.29 is 4.79 Å². The minimum atomic E-state index is -0.102. The monoisotopic (exact) mass is 374 g/mol. The van der Waals surface area contributed by atoms with Crippen LogP contribution in [0.1, 0.15) is 35.0 Å². The summed E-state index contributed by atoms with van der Waals surface area (Å²) in [7, 11) is 0. The first-order valence-electron chi connectivity index (χ1n) is 9.69. The van der Waals surface area contributed by atoms with Gasteiger partial charge in [-0.15, -0.1) is 0 Å². The summed E-state index contributed by atoms with van der Waals surface area (Å²) < 4.78 is 0. The van der Waals surface area contributed by atoms with Crippen molar-refractivity contribution in [3.8, 4) is 0 Å². The van der Waals surface area contributed by atoms with Gasteiger partial charge in [0.25, 0.3) is 5.91 Å². The number of carbonyl (C=O) groups is 1. The van der Waals surface area contributed by atoms with Crippen molar-refractivity contribution in [3.05, 3.63) is 89.9 Å². The summed E-state index contributed by atoms with van der Waals surface area (Å²) in [4.78, 5) is 23.1. The molecule has 1 amide bonds. The van der Waals surface area contributed by atoms with Crippen LogP contribution in [-0.4, -0.2) is 33.9 Å². The van der Waals surface area contributed by atoms with E-state index in [-0.39, 0.29) is 5.91 Å². The van der Waals surface area contributed by atoms with Gasteiger partial charge >= 0.3 is 0 Å². The molecule has 0 fully saturated rings. The van der Waals surface area contributed by atoms with E-state index in [0.717, 1.165) is 24.9 Å². The van der Waals surface area contributed by atoms with Crippen LogP contribution in [0.2, 0.25) is 0 Å². The zero-order chi connectivity index (χ0) is 19.6. The maximum Gasteiger partial charge on any atom is 0.274 e. The number of hydrogen-bond acceptors (Lipinski definition) is 4. The highest BCUT2D eigenvalue weighted by molar-refractivity contribution is 5.92. The number of benzene rings is 2. The van der Waals surface area contributed by atoms with E-state index in [0.29, 0.717) is 24.6 Å². The van der Waals surface area contributed by atoms with Crippen LogP contribution in [0.3, 0.4) is 0 Å². The summed E-state index contributed by atoms with van der Waals surface area (Å²) in [6, 6.07) is 20.4. The molecular formula is C23H26N4O. The average Bonchev–Trinajstić information content (AvgIpc) is 2.76. The first kappa shape index (κ1) is 19.5. The van der Waals surface area contributed by atoms with E-state index >= 15 is 0 Å². The summed E-state index contributed by atoms with van der Waals surface area (Å²) in [5.74, 6) is 0.588. The third kappa shape index (κ3) is 5.64. The van der Waals surface area contributed by atoms with E-state index in [4.69, 9.17) is 0 Å². The summed E-state index contributed by atoms with van der Waals surface area (Å²) in [5.41, 5.74) is 2.80. The fourth-order valence-corrected chi connectivity index (χ4v) is 2.98. The number of nitrogens with zero attached hydrogens (tertiary/aromatic N) is 3. The van der Waals surface area contributed by atoms with Crippen molar-refractivity contribution >= 4 is 11.7 Å². The largest absolute Gasteiger partial charge is 0.369 e. The number of aromatic nitrogens is 2. The quantitative estimate of drug-likeness (QED) is 0.571. The van der Waals surface area contributed by atoms with Gasteiger partial charge in [-0.05, 0) is 30.9 Å². The van der Waals surface area contributed by atoms with Crippen LogP contribution < -0.4 is 5.32 Å². The van der Waals surface area contributed by atoms with Gasteiger partial charge in [0.1, 0.15) is 11.5 Å². The lowest BCUT2D eigenvalue weighted by Gasteiger charge is -2.20. The molecule has 0 atom stereocenters. The molecule has 2 aromatic carbocycles. The van der Waals surface area contributed by atoms with Gasteiger partial charge < -0.3 is 10.2 Å². The maximum absolute atomic E-state index is 12.7. The van der Waals surface area contributed by atoms with Crippen LogP contribution in [0.25, 0.3) is 0 Å². The van der Waals surface area contributed by atoms with Crippen molar-refractivity contribution in [1.29, 1.82) is 0 Å². The standard InChI is InChI=1S/C23H26N4O/c1-2-27(18-20-12-7-4-8-13-20)23(28)21-16-26-22(17-25-21)24-15-9-14-19-10-5-3-6-11-19/h3-8,10-13,16-17H,2,9,14-15,18H2,1H3,(H,24,26). The van der Waals surface area contributed by atoms with Gasteiger partial charge in [-0.3, -0.25) is 4.79 Å². The van der Waals surface area contributed by atoms with Crippen LogP contribution in [0.5, 0.6) is 0 Å². The molecule has 0 unspecified atom stereocenters. The average molecular weight is 374 g/mol. The van der Waals surface area contributed by atoms with E-state index in [1.54, 1.807) is 17.3 Å². The van der Waals surface area contributed by atoms with Gasteiger partial charge in [0.05, 0.1) is 12.4 Å². The molecule has 1 N–H and O–H groups in total. The van der Waals surface area contributed by atoms with E-state index in [9.17, 15) is 4.79 Å². The van der Waals surface area contributed by atoms with E-state index in [1.807, 2.05) is 43.3 Å². The molecular weight excluding hydrogens is 348 g/mol. The number of anilines is 1. The van der Waals surface area contributed by atoms with E-state index in [2.05, 4.69) is 39.6 Å². The first-order chi connectivity index (χ1) is 13.8. The molecule has 5 heteroatoms. The number of aryl methyl sites for hydroxylation is 1. The Bertz CT molecular complexity index is 851. The zero-order valence-electron chi connectivity index (χ0n) is 16.2. The lowest BCUT2D eigenvalue weighted by molar-refractivity contribution is 0.0746. The molecule has 5 nitrogen and oxygen atoms in total. The fraction of sp³-hybridized carbons (Fsp3) is 0.261. The SMILES string of the molecule is CCN(Cc1ccccc1)C(=O)c1cnc(NCCCc2ccccc2)cn1. The Kier molecular flexibility index (Phi) is 7.13. The van der Waals surface area contributed by atoms with Crippen molar-refractivity contribution in [2.75, 3.05) is 18.4 Å². The summed E-state index contributed by atoms with van der Waals surface area (Å²) in [6.45, 7) is 3.97. The second-order valence-electron chi connectivity index (χ2n) is 6.61. The molecule has 144 valence electrons. The molecule has 3 rings (SSSR count). The van der Waals surface area contributed by atoms with Gasteiger partial charge in [0.15, 0.2) is 0 Å². The number of hydrogen-bond donors (Lipinski definition) is 1. The van der Waals surface area contributed by atoms with Crippen molar-refractivity contribution in [3.63, 3.8) is 0 Å². The smallest absolute Gasteiger partial charge is 0.274 e. The van der Waals surface area contributed by atoms with Gasteiger partial charge in [-0.2, -0.15) is 0 Å². The van der Waals surface area contributed by atoms with Gasteiger partial charge in [-0.25, -0.2) is 9.97 Å². The Hall–Kier alpha value is -3.21. The predicted molar refractivity (Wildman–Crippen MR) is 112 cm³/mol. The van der Waals surface area contributed by atoms with Crippen LogP contribution in [0, 0.1) is 0 Å². The molecule has 1 aromatic heterocycles. The Morgan fingerprint density at radius 1 is 0.929 bits per heavy atom. The minimum absolute atomic E-state index is 0.102. The van der Waals surface area contributed by atoms with Crippen LogP contribution >= 0.6 is 0 Å². The molecule has 0 spiro atoms. The predicted octanol–water partition coefficient (Wildman–Crippen LogP) is 4.18. The molecule has 0 aliphatic heterocycles. The Balaban J connectivity index is 1.50. The molecule has 0 bridgehead atoms. The van der Waals surface area contributed by atoms with Gasteiger partial charge in [-0.1, -0.05) is 60.7 Å². The highest BCUT2D eigenvalue weighted by atomic mass is 16.2. The zero-order valence-corrected chi connectivity index (χ0v) is 16.2. The second kappa shape index (κ2) is 10.2.